The average molecular weight is 382 g/mol. The molecule has 0 bridgehead atoms. The van der Waals surface area contributed by atoms with Crippen LogP contribution in [-0.4, -0.2) is 27.6 Å². The third-order valence-corrected chi connectivity index (χ3v) is 4.36. The van der Waals surface area contributed by atoms with E-state index in [9.17, 15) is 9.59 Å². The molecule has 0 unspecified atom stereocenters. The van der Waals surface area contributed by atoms with Gasteiger partial charge in [-0.1, -0.05) is 12.1 Å². The standard InChI is InChI=1S/C19H18N4O3S/c1-3-9-23-18(25)14-7-6-12(10-15(14)22-19(23)27)16(24)21-11-13-5-4-8-20-17(13)26-2/h3-8,10H,1,9,11H2,2H3,(H,21,24)(H,22,27). The molecule has 2 N–H and O–H groups in total. The lowest BCUT2D eigenvalue weighted by Crippen LogP contribution is -2.24. The van der Waals surface area contributed by atoms with Crippen molar-refractivity contribution in [1.82, 2.24) is 19.9 Å². The fourth-order valence-corrected chi connectivity index (χ4v) is 2.98. The van der Waals surface area contributed by atoms with E-state index < -0.39 is 0 Å². The lowest BCUT2D eigenvalue weighted by Gasteiger charge is -2.10. The quantitative estimate of drug-likeness (QED) is 0.505. The first kappa shape index (κ1) is 18.5. The smallest absolute Gasteiger partial charge is 0.262 e. The van der Waals surface area contributed by atoms with Crippen LogP contribution in [0.4, 0.5) is 0 Å². The van der Waals surface area contributed by atoms with Gasteiger partial charge >= 0.3 is 0 Å². The van der Waals surface area contributed by atoms with Crippen LogP contribution >= 0.6 is 12.2 Å². The third kappa shape index (κ3) is 3.80. The summed E-state index contributed by atoms with van der Waals surface area (Å²) in [5.41, 5.74) is 1.47. The number of rotatable bonds is 6. The Labute approximate surface area is 160 Å². The Kier molecular flexibility index (Phi) is 5.46. The number of hydrogen-bond acceptors (Lipinski definition) is 5. The molecule has 8 heteroatoms. The second kappa shape index (κ2) is 7.96. The normalized spacial score (nSPS) is 10.6. The van der Waals surface area contributed by atoms with Crippen LogP contribution in [0.2, 0.25) is 0 Å². The Bertz CT molecular complexity index is 1130. The summed E-state index contributed by atoms with van der Waals surface area (Å²) in [6.45, 7) is 4.21. The maximum Gasteiger partial charge on any atom is 0.262 e. The minimum atomic E-state index is -0.280. The van der Waals surface area contributed by atoms with Crippen molar-refractivity contribution >= 4 is 29.0 Å². The number of amides is 1. The molecule has 7 nitrogen and oxygen atoms in total. The first-order chi connectivity index (χ1) is 13.0. The highest BCUT2D eigenvalue weighted by atomic mass is 32.1. The van der Waals surface area contributed by atoms with Crippen molar-refractivity contribution in [2.24, 2.45) is 0 Å². The fourth-order valence-electron chi connectivity index (χ4n) is 2.71. The molecule has 0 aliphatic heterocycles. The van der Waals surface area contributed by atoms with Crippen LogP contribution in [0.3, 0.4) is 0 Å². The summed E-state index contributed by atoms with van der Waals surface area (Å²) in [7, 11) is 1.53. The Hall–Kier alpha value is -3.26. The molecule has 0 atom stereocenters. The zero-order valence-electron chi connectivity index (χ0n) is 14.7. The summed E-state index contributed by atoms with van der Waals surface area (Å²) >= 11 is 5.22. The number of carbonyl (C=O) groups is 1. The third-order valence-electron chi connectivity index (χ3n) is 4.04. The molecule has 0 aliphatic rings. The van der Waals surface area contributed by atoms with Crippen LogP contribution in [0, 0.1) is 4.77 Å². The van der Waals surface area contributed by atoms with E-state index in [1.165, 1.54) is 11.7 Å². The van der Waals surface area contributed by atoms with Gasteiger partial charge in [0, 0.05) is 30.4 Å². The van der Waals surface area contributed by atoms with Gasteiger partial charge in [-0.3, -0.25) is 14.2 Å². The molecule has 2 heterocycles. The molecule has 1 amide bonds. The summed E-state index contributed by atoms with van der Waals surface area (Å²) < 4.78 is 6.87. The van der Waals surface area contributed by atoms with Gasteiger partial charge in [-0.15, -0.1) is 6.58 Å². The van der Waals surface area contributed by atoms with Gasteiger partial charge in [-0.2, -0.15) is 0 Å². The molecule has 3 rings (SSSR count). The first-order valence-corrected chi connectivity index (χ1v) is 8.60. The number of hydrogen-bond donors (Lipinski definition) is 2. The van der Waals surface area contributed by atoms with E-state index in [2.05, 4.69) is 21.9 Å². The van der Waals surface area contributed by atoms with Crippen LogP contribution in [0.5, 0.6) is 5.88 Å². The lowest BCUT2D eigenvalue weighted by molar-refractivity contribution is 0.0950. The molecule has 0 saturated heterocycles. The maximum atomic E-state index is 12.5. The number of aromatic nitrogens is 3. The van der Waals surface area contributed by atoms with E-state index in [1.54, 1.807) is 36.5 Å². The van der Waals surface area contributed by atoms with Gasteiger partial charge in [0.25, 0.3) is 11.5 Å². The number of ether oxygens (including phenoxy) is 1. The predicted octanol–water partition coefficient (Wildman–Crippen LogP) is 2.58. The number of aromatic amines is 1. The van der Waals surface area contributed by atoms with Crippen LogP contribution in [-0.2, 0) is 13.1 Å². The molecule has 0 aliphatic carbocycles. The van der Waals surface area contributed by atoms with Gasteiger partial charge in [0.05, 0.1) is 18.0 Å². The van der Waals surface area contributed by atoms with Gasteiger partial charge in [0.1, 0.15) is 0 Å². The Morgan fingerprint density at radius 2 is 2.26 bits per heavy atom. The largest absolute Gasteiger partial charge is 0.481 e. The van der Waals surface area contributed by atoms with Crippen molar-refractivity contribution in [3.63, 3.8) is 0 Å². The summed E-state index contributed by atoms with van der Waals surface area (Å²) in [6, 6.07) is 8.43. The van der Waals surface area contributed by atoms with Crippen molar-refractivity contribution in [3.8, 4) is 5.88 Å². The summed E-state index contributed by atoms with van der Waals surface area (Å²) in [5.74, 6) is 0.181. The highest BCUT2D eigenvalue weighted by Crippen LogP contribution is 2.14. The topological polar surface area (TPSA) is 89.0 Å². The molecular weight excluding hydrogens is 364 g/mol. The summed E-state index contributed by atoms with van der Waals surface area (Å²) in [5, 5.41) is 3.27. The van der Waals surface area contributed by atoms with Crippen LogP contribution in [0.1, 0.15) is 15.9 Å². The SMILES string of the molecule is C=CCn1c(=S)[nH]c2cc(C(=O)NCc3cccnc3OC)ccc2c1=O. The fraction of sp³-hybridized carbons (Fsp3) is 0.158. The molecule has 138 valence electrons. The predicted molar refractivity (Wildman–Crippen MR) is 106 cm³/mol. The van der Waals surface area contributed by atoms with E-state index in [4.69, 9.17) is 17.0 Å². The number of fused-ring (bicyclic) bond motifs is 1. The number of nitrogens with one attached hydrogen (secondary N) is 2. The van der Waals surface area contributed by atoms with Crippen LogP contribution < -0.4 is 15.6 Å². The maximum absolute atomic E-state index is 12.5. The summed E-state index contributed by atoms with van der Waals surface area (Å²) in [6.07, 6.45) is 3.22. The van der Waals surface area contributed by atoms with Gasteiger partial charge in [-0.05, 0) is 36.5 Å². The minimum Gasteiger partial charge on any atom is -0.481 e. The average Bonchev–Trinajstić information content (AvgIpc) is 2.69. The highest BCUT2D eigenvalue weighted by molar-refractivity contribution is 7.71. The number of allylic oxidation sites excluding steroid dienone is 1. The molecular formula is C19H18N4O3S. The number of pyridine rings is 1. The molecule has 0 spiro atoms. The first-order valence-electron chi connectivity index (χ1n) is 8.19. The van der Waals surface area contributed by atoms with Crippen molar-refractivity contribution in [3.05, 3.63) is 75.4 Å². The lowest BCUT2D eigenvalue weighted by atomic mass is 10.1. The number of methoxy groups -OCH3 is 1. The number of nitrogens with zero attached hydrogens (tertiary/aromatic N) is 2. The van der Waals surface area contributed by atoms with Gasteiger partial charge in [0.2, 0.25) is 5.88 Å². The molecule has 0 radical (unpaired) electrons. The number of H-pyrrole nitrogens is 1. The van der Waals surface area contributed by atoms with E-state index in [-0.39, 0.29) is 22.8 Å². The van der Waals surface area contributed by atoms with Crippen molar-refractivity contribution in [2.75, 3.05) is 7.11 Å². The molecule has 2 aromatic heterocycles. The van der Waals surface area contributed by atoms with Gasteiger partial charge in [-0.25, -0.2) is 4.98 Å². The van der Waals surface area contributed by atoms with E-state index in [0.29, 0.717) is 28.9 Å². The monoisotopic (exact) mass is 382 g/mol. The highest BCUT2D eigenvalue weighted by Gasteiger charge is 2.11. The Morgan fingerprint density at radius 1 is 1.44 bits per heavy atom. The molecule has 1 aromatic carbocycles. The number of benzene rings is 1. The second-order valence-corrected chi connectivity index (χ2v) is 6.14. The molecule has 0 saturated carbocycles. The Balaban J connectivity index is 1.87. The van der Waals surface area contributed by atoms with Crippen molar-refractivity contribution in [2.45, 2.75) is 13.1 Å². The summed E-state index contributed by atoms with van der Waals surface area (Å²) in [4.78, 5) is 32.1. The van der Waals surface area contributed by atoms with E-state index >= 15 is 0 Å². The molecule has 27 heavy (non-hydrogen) atoms. The van der Waals surface area contributed by atoms with E-state index in [0.717, 1.165) is 5.56 Å². The molecule has 3 aromatic rings. The van der Waals surface area contributed by atoms with Gasteiger partial charge < -0.3 is 15.0 Å². The minimum absolute atomic E-state index is 0.222. The van der Waals surface area contributed by atoms with Crippen molar-refractivity contribution < 1.29 is 9.53 Å². The number of carbonyl (C=O) groups excluding carboxylic acids is 1. The zero-order valence-corrected chi connectivity index (χ0v) is 15.5. The van der Waals surface area contributed by atoms with Crippen LogP contribution in [0.15, 0.2) is 54.0 Å². The second-order valence-electron chi connectivity index (χ2n) is 5.75. The van der Waals surface area contributed by atoms with Gasteiger partial charge in [0.15, 0.2) is 4.77 Å². The Morgan fingerprint density at radius 3 is 3.00 bits per heavy atom. The van der Waals surface area contributed by atoms with E-state index in [1.807, 2.05) is 6.07 Å². The zero-order chi connectivity index (χ0) is 19.4. The van der Waals surface area contributed by atoms with Crippen LogP contribution in [0.25, 0.3) is 10.9 Å². The van der Waals surface area contributed by atoms with Crippen molar-refractivity contribution in [1.29, 1.82) is 0 Å². The molecule has 0 fully saturated rings.